The lowest BCUT2D eigenvalue weighted by Crippen LogP contribution is -2.27. The van der Waals surface area contributed by atoms with Crippen molar-refractivity contribution < 1.29 is 4.92 Å². The van der Waals surface area contributed by atoms with Crippen LogP contribution in [0.1, 0.15) is 39.3 Å². The van der Waals surface area contributed by atoms with Gasteiger partial charge in [0.05, 0.1) is 4.92 Å². The summed E-state index contributed by atoms with van der Waals surface area (Å²) in [5, 5.41) is 18.5. The first-order valence-corrected chi connectivity index (χ1v) is 7.52. The first kappa shape index (κ1) is 17.4. The van der Waals surface area contributed by atoms with Crippen molar-refractivity contribution in [1.82, 2.24) is 14.7 Å². The zero-order valence-corrected chi connectivity index (χ0v) is 13.7. The van der Waals surface area contributed by atoms with Gasteiger partial charge in [0.2, 0.25) is 5.82 Å². The molecule has 7 nitrogen and oxygen atoms in total. The van der Waals surface area contributed by atoms with Crippen LogP contribution in [0.25, 0.3) is 0 Å². The predicted octanol–water partition coefficient (Wildman–Crippen LogP) is 2.42. The number of nitro groups is 1. The largest absolute Gasteiger partial charge is 0.365 e. The van der Waals surface area contributed by atoms with Gasteiger partial charge in [-0.25, -0.2) is 4.68 Å². The normalized spacial score (nSPS) is 11.4. The van der Waals surface area contributed by atoms with E-state index in [1.807, 2.05) is 6.92 Å². The summed E-state index contributed by atoms with van der Waals surface area (Å²) in [5.41, 5.74) is 0.642. The Kier molecular flexibility index (Phi) is 6.61. The molecule has 0 saturated heterocycles. The van der Waals surface area contributed by atoms with Crippen LogP contribution in [0, 0.1) is 10.1 Å². The maximum atomic E-state index is 11.2. The summed E-state index contributed by atoms with van der Waals surface area (Å²) in [4.78, 5) is 13.1. The first-order chi connectivity index (χ1) is 9.88. The fraction of sp³-hybridized carbons (Fsp3) is 0.786. The van der Waals surface area contributed by atoms with Gasteiger partial charge in [-0.1, -0.05) is 6.92 Å². The molecule has 0 aliphatic rings. The maximum Gasteiger partial charge on any atom is 0.333 e. The van der Waals surface area contributed by atoms with Crippen LogP contribution in [0.2, 0.25) is 0 Å². The molecule has 1 heterocycles. The average Bonchev–Trinajstić information content (AvgIpc) is 2.74. The highest BCUT2D eigenvalue weighted by atomic mass is 16.6. The molecule has 0 fully saturated rings. The Morgan fingerprint density at radius 2 is 2.10 bits per heavy atom. The highest BCUT2D eigenvalue weighted by molar-refractivity contribution is 5.59. The molecule has 0 aliphatic carbocycles. The molecular formula is C14H27N5O2. The molecule has 120 valence electrons. The maximum absolute atomic E-state index is 11.2. The molecule has 21 heavy (non-hydrogen) atoms. The second kappa shape index (κ2) is 7.97. The van der Waals surface area contributed by atoms with E-state index in [0.717, 1.165) is 25.9 Å². The monoisotopic (exact) mass is 297 g/mol. The van der Waals surface area contributed by atoms with E-state index < -0.39 is 0 Å². The average molecular weight is 297 g/mol. The molecule has 0 atom stereocenters. The van der Waals surface area contributed by atoms with Crippen molar-refractivity contribution in [3.63, 3.8) is 0 Å². The third-order valence-corrected chi connectivity index (χ3v) is 3.72. The van der Waals surface area contributed by atoms with Crippen LogP contribution >= 0.6 is 0 Å². The number of unbranched alkanes of at least 4 members (excludes halogenated alkanes) is 1. The van der Waals surface area contributed by atoms with Gasteiger partial charge >= 0.3 is 5.69 Å². The number of hydrogen-bond donors (Lipinski definition) is 1. The predicted molar refractivity (Wildman–Crippen MR) is 84.7 cm³/mol. The minimum Gasteiger partial charge on any atom is -0.365 e. The molecule has 1 rings (SSSR count). The van der Waals surface area contributed by atoms with Gasteiger partial charge in [-0.05, 0) is 46.7 Å². The summed E-state index contributed by atoms with van der Waals surface area (Å²) >= 11 is 0. The molecule has 0 saturated carbocycles. The zero-order valence-electron chi connectivity index (χ0n) is 13.7. The Hall–Kier alpha value is -1.63. The molecule has 0 spiro atoms. The number of rotatable bonds is 9. The van der Waals surface area contributed by atoms with Crippen LogP contribution < -0.4 is 5.32 Å². The Morgan fingerprint density at radius 3 is 2.62 bits per heavy atom. The SMILES string of the molecule is CCc1nn(C)c(NCCCCN(C)C(C)C)c1[N+](=O)[O-]. The van der Waals surface area contributed by atoms with Crippen LogP contribution in [0.15, 0.2) is 0 Å². The van der Waals surface area contributed by atoms with Gasteiger partial charge in [-0.15, -0.1) is 0 Å². The molecular weight excluding hydrogens is 270 g/mol. The van der Waals surface area contributed by atoms with Gasteiger partial charge in [0, 0.05) is 19.6 Å². The lowest BCUT2D eigenvalue weighted by atomic mass is 10.2. The van der Waals surface area contributed by atoms with Crippen molar-refractivity contribution in [3.8, 4) is 0 Å². The van der Waals surface area contributed by atoms with E-state index in [2.05, 4.69) is 36.2 Å². The van der Waals surface area contributed by atoms with Gasteiger partial charge < -0.3 is 10.2 Å². The highest BCUT2D eigenvalue weighted by Gasteiger charge is 2.25. The zero-order chi connectivity index (χ0) is 16.0. The molecule has 1 N–H and O–H groups in total. The lowest BCUT2D eigenvalue weighted by Gasteiger charge is -2.20. The number of anilines is 1. The van der Waals surface area contributed by atoms with E-state index in [1.54, 1.807) is 11.7 Å². The summed E-state index contributed by atoms with van der Waals surface area (Å²) in [6.45, 7) is 7.97. The lowest BCUT2D eigenvalue weighted by molar-refractivity contribution is -0.384. The van der Waals surface area contributed by atoms with E-state index in [0.29, 0.717) is 24.0 Å². The van der Waals surface area contributed by atoms with E-state index >= 15 is 0 Å². The second-order valence-electron chi connectivity index (χ2n) is 5.59. The Balaban J connectivity index is 2.52. The fourth-order valence-electron chi connectivity index (χ4n) is 2.15. The smallest absolute Gasteiger partial charge is 0.333 e. The van der Waals surface area contributed by atoms with Crippen molar-refractivity contribution in [2.75, 3.05) is 25.5 Å². The van der Waals surface area contributed by atoms with E-state index in [9.17, 15) is 10.1 Å². The number of nitrogens with zero attached hydrogens (tertiary/aromatic N) is 4. The molecule has 1 aromatic heterocycles. The van der Waals surface area contributed by atoms with Gasteiger partial charge in [0.25, 0.3) is 0 Å². The third-order valence-electron chi connectivity index (χ3n) is 3.72. The van der Waals surface area contributed by atoms with Crippen molar-refractivity contribution in [3.05, 3.63) is 15.8 Å². The Bertz CT molecular complexity index is 470. The van der Waals surface area contributed by atoms with Crippen LogP contribution in [0.3, 0.4) is 0 Å². The quantitative estimate of drug-likeness (QED) is 0.430. The van der Waals surface area contributed by atoms with Gasteiger partial charge in [0.15, 0.2) is 0 Å². The highest BCUT2D eigenvalue weighted by Crippen LogP contribution is 2.28. The van der Waals surface area contributed by atoms with Crippen LogP contribution in [0.5, 0.6) is 0 Å². The second-order valence-corrected chi connectivity index (χ2v) is 5.59. The number of nitrogens with one attached hydrogen (secondary N) is 1. The number of aryl methyl sites for hydroxylation is 2. The minimum absolute atomic E-state index is 0.110. The molecule has 0 unspecified atom stereocenters. The molecule has 0 amide bonds. The van der Waals surface area contributed by atoms with Crippen molar-refractivity contribution in [2.24, 2.45) is 7.05 Å². The number of aromatic nitrogens is 2. The van der Waals surface area contributed by atoms with E-state index in [1.165, 1.54) is 0 Å². The van der Waals surface area contributed by atoms with Gasteiger partial charge in [-0.2, -0.15) is 5.10 Å². The molecule has 0 aliphatic heterocycles. The van der Waals surface area contributed by atoms with Gasteiger partial charge in [0.1, 0.15) is 5.69 Å². The Labute approximate surface area is 126 Å². The molecule has 0 bridgehead atoms. The first-order valence-electron chi connectivity index (χ1n) is 7.52. The number of hydrogen-bond acceptors (Lipinski definition) is 5. The third kappa shape index (κ3) is 4.70. The summed E-state index contributed by atoms with van der Waals surface area (Å²) in [6.07, 6.45) is 2.60. The van der Waals surface area contributed by atoms with Crippen molar-refractivity contribution in [2.45, 2.75) is 46.1 Å². The standard InChI is InChI=1S/C14H27N5O2/c1-6-12-13(19(20)21)14(18(5)16-12)15-9-7-8-10-17(4)11(2)3/h11,15H,6-10H2,1-5H3. The summed E-state index contributed by atoms with van der Waals surface area (Å²) in [7, 11) is 3.85. The summed E-state index contributed by atoms with van der Waals surface area (Å²) in [5.74, 6) is 0.508. The summed E-state index contributed by atoms with van der Waals surface area (Å²) < 4.78 is 1.57. The van der Waals surface area contributed by atoms with E-state index in [-0.39, 0.29) is 10.6 Å². The van der Waals surface area contributed by atoms with Crippen LogP contribution in [0.4, 0.5) is 11.5 Å². The molecule has 0 radical (unpaired) electrons. The molecule has 0 aromatic carbocycles. The topological polar surface area (TPSA) is 76.2 Å². The van der Waals surface area contributed by atoms with Crippen molar-refractivity contribution >= 4 is 11.5 Å². The Morgan fingerprint density at radius 1 is 1.43 bits per heavy atom. The van der Waals surface area contributed by atoms with Crippen LogP contribution in [-0.2, 0) is 13.5 Å². The summed E-state index contributed by atoms with van der Waals surface area (Å²) in [6, 6.07) is 0.545. The van der Waals surface area contributed by atoms with Crippen molar-refractivity contribution in [1.29, 1.82) is 0 Å². The van der Waals surface area contributed by atoms with Crippen LogP contribution in [-0.4, -0.2) is 45.8 Å². The fourth-order valence-corrected chi connectivity index (χ4v) is 2.15. The van der Waals surface area contributed by atoms with Gasteiger partial charge in [-0.3, -0.25) is 10.1 Å². The van der Waals surface area contributed by atoms with E-state index in [4.69, 9.17) is 0 Å². The molecule has 7 heteroatoms. The molecule has 1 aromatic rings. The minimum atomic E-state index is -0.347.